The van der Waals surface area contributed by atoms with Gasteiger partial charge in [-0.2, -0.15) is 0 Å². The Hall–Kier alpha value is -0.780. The summed E-state index contributed by atoms with van der Waals surface area (Å²) in [7, 11) is 3.26. The first kappa shape index (κ1) is 13.6. The number of methoxy groups -OCH3 is 2. The van der Waals surface area contributed by atoms with E-state index in [1.54, 1.807) is 14.2 Å². The molecule has 1 atom stereocenters. The highest BCUT2D eigenvalue weighted by Crippen LogP contribution is 2.42. The summed E-state index contributed by atoms with van der Waals surface area (Å²) in [6.45, 7) is 1.29. The van der Waals surface area contributed by atoms with Crippen LogP contribution in [0.25, 0.3) is 0 Å². The number of nitrogens with two attached hydrogens (primary N) is 1. The zero-order valence-corrected chi connectivity index (χ0v) is 12.2. The van der Waals surface area contributed by atoms with Crippen molar-refractivity contribution < 1.29 is 14.2 Å². The third-order valence-electron chi connectivity index (χ3n) is 3.29. The number of hydrogen-bond acceptors (Lipinski definition) is 4. The fourth-order valence-electron chi connectivity index (χ4n) is 2.32. The predicted molar refractivity (Wildman–Crippen MR) is 73.2 cm³/mol. The molecule has 2 N–H and O–H groups in total. The lowest BCUT2D eigenvalue weighted by Gasteiger charge is -2.35. The Balaban J connectivity index is 2.46. The topological polar surface area (TPSA) is 53.7 Å². The highest BCUT2D eigenvalue weighted by molar-refractivity contribution is 9.10. The average Bonchev–Trinajstić information content (AvgIpc) is 2.39. The molecule has 0 aromatic heterocycles. The first-order valence-electron chi connectivity index (χ1n) is 5.90. The highest BCUT2D eigenvalue weighted by atomic mass is 79.9. The summed E-state index contributed by atoms with van der Waals surface area (Å²) in [5, 5.41) is 0. The van der Waals surface area contributed by atoms with Gasteiger partial charge in [0.15, 0.2) is 0 Å². The zero-order chi connectivity index (χ0) is 13.2. The lowest BCUT2D eigenvalue weighted by atomic mass is 9.85. The second-order valence-corrected chi connectivity index (χ2v) is 5.27. The second-order valence-electron chi connectivity index (χ2n) is 4.47. The van der Waals surface area contributed by atoms with Crippen LogP contribution in [0, 0.1) is 0 Å². The van der Waals surface area contributed by atoms with Crippen molar-refractivity contribution in [2.24, 2.45) is 5.73 Å². The van der Waals surface area contributed by atoms with Crippen LogP contribution in [0.4, 0.5) is 0 Å². The molecule has 0 saturated carbocycles. The number of rotatable bonds is 3. The summed E-state index contributed by atoms with van der Waals surface area (Å²) >= 11 is 3.50. The molecule has 1 aliphatic rings. The van der Waals surface area contributed by atoms with Crippen molar-refractivity contribution in [2.45, 2.75) is 18.4 Å². The summed E-state index contributed by atoms with van der Waals surface area (Å²) in [6.07, 6.45) is 1.85. The Morgan fingerprint density at radius 2 is 2.11 bits per heavy atom. The molecule has 18 heavy (non-hydrogen) atoms. The molecule has 5 heteroatoms. The minimum Gasteiger partial charge on any atom is -0.495 e. The standard InChI is InChI=1S/C13H18BrNO3/c1-16-10-5-4-9(12(17-2)11(10)14)13(15)6-3-7-18-8-13/h4-5H,3,6-8,15H2,1-2H3. The van der Waals surface area contributed by atoms with Crippen molar-refractivity contribution in [1.29, 1.82) is 0 Å². The average molecular weight is 316 g/mol. The van der Waals surface area contributed by atoms with Gasteiger partial charge in [0, 0.05) is 12.2 Å². The smallest absolute Gasteiger partial charge is 0.141 e. The maximum atomic E-state index is 6.45. The molecule has 0 amide bonds. The van der Waals surface area contributed by atoms with Crippen LogP contribution >= 0.6 is 15.9 Å². The monoisotopic (exact) mass is 315 g/mol. The highest BCUT2D eigenvalue weighted by Gasteiger charge is 2.34. The van der Waals surface area contributed by atoms with Gasteiger partial charge in [0.05, 0.1) is 26.4 Å². The van der Waals surface area contributed by atoms with Gasteiger partial charge in [0.2, 0.25) is 0 Å². The molecule has 1 aromatic rings. The summed E-state index contributed by atoms with van der Waals surface area (Å²) in [6, 6.07) is 3.85. The van der Waals surface area contributed by atoms with Crippen LogP contribution in [-0.4, -0.2) is 27.4 Å². The molecule has 0 radical (unpaired) electrons. The van der Waals surface area contributed by atoms with Gasteiger partial charge in [-0.05, 0) is 40.9 Å². The van der Waals surface area contributed by atoms with Crippen molar-refractivity contribution in [2.75, 3.05) is 27.4 Å². The van der Waals surface area contributed by atoms with E-state index in [9.17, 15) is 0 Å². The summed E-state index contributed by atoms with van der Waals surface area (Å²) in [5.74, 6) is 1.46. The van der Waals surface area contributed by atoms with Crippen LogP contribution in [0.3, 0.4) is 0 Å². The van der Waals surface area contributed by atoms with E-state index < -0.39 is 5.54 Å². The fraction of sp³-hybridized carbons (Fsp3) is 0.538. The van der Waals surface area contributed by atoms with E-state index in [0.29, 0.717) is 6.61 Å². The number of hydrogen-bond donors (Lipinski definition) is 1. The molecule has 100 valence electrons. The van der Waals surface area contributed by atoms with Gasteiger partial charge in [-0.1, -0.05) is 0 Å². The van der Waals surface area contributed by atoms with Crippen molar-refractivity contribution in [3.63, 3.8) is 0 Å². The van der Waals surface area contributed by atoms with E-state index in [4.69, 9.17) is 19.9 Å². The summed E-state index contributed by atoms with van der Waals surface area (Å²) in [4.78, 5) is 0. The Bertz CT molecular complexity index is 430. The normalized spacial score (nSPS) is 23.8. The third kappa shape index (κ3) is 2.35. The molecule has 1 saturated heterocycles. The van der Waals surface area contributed by atoms with Crippen molar-refractivity contribution in [3.05, 3.63) is 22.2 Å². The molecule has 1 unspecified atom stereocenters. The quantitative estimate of drug-likeness (QED) is 0.930. The first-order valence-corrected chi connectivity index (χ1v) is 6.69. The van der Waals surface area contributed by atoms with Crippen LogP contribution in [0.5, 0.6) is 11.5 Å². The van der Waals surface area contributed by atoms with E-state index in [0.717, 1.165) is 41.0 Å². The molecule has 1 heterocycles. The number of ether oxygens (including phenoxy) is 3. The molecule has 1 aromatic carbocycles. The largest absolute Gasteiger partial charge is 0.495 e. The Morgan fingerprint density at radius 3 is 2.67 bits per heavy atom. The minimum atomic E-state index is -0.488. The lowest BCUT2D eigenvalue weighted by molar-refractivity contribution is 0.0356. The maximum Gasteiger partial charge on any atom is 0.141 e. The minimum absolute atomic E-state index is 0.488. The van der Waals surface area contributed by atoms with Gasteiger partial charge in [0.1, 0.15) is 16.0 Å². The van der Waals surface area contributed by atoms with Crippen molar-refractivity contribution in [3.8, 4) is 11.5 Å². The van der Waals surface area contributed by atoms with Crippen LogP contribution in [0.1, 0.15) is 18.4 Å². The molecule has 1 fully saturated rings. The van der Waals surface area contributed by atoms with Crippen molar-refractivity contribution in [1.82, 2.24) is 0 Å². The predicted octanol–water partition coefficient (Wildman–Crippen LogP) is 2.43. The molecule has 1 aliphatic heterocycles. The Labute approximate surface area is 116 Å². The first-order chi connectivity index (χ1) is 8.62. The zero-order valence-electron chi connectivity index (χ0n) is 10.7. The van der Waals surface area contributed by atoms with Gasteiger partial charge < -0.3 is 19.9 Å². The SMILES string of the molecule is COc1ccc(C2(N)CCCOC2)c(OC)c1Br. The molecule has 0 spiro atoms. The molecule has 4 nitrogen and oxygen atoms in total. The van der Waals surface area contributed by atoms with E-state index in [1.165, 1.54) is 0 Å². The second kappa shape index (κ2) is 5.47. The summed E-state index contributed by atoms with van der Waals surface area (Å²) < 4.78 is 17.0. The molecule has 0 aliphatic carbocycles. The molecule has 2 rings (SSSR count). The number of benzene rings is 1. The molecular weight excluding hydrogens is 298 g/mol. The van der Waals surface area contributed by atoms with E-state index in [2.05, 4.69) is 15.9 Å². The van der Waals surface area contributed by atoms with E-state index >= 15 is 0 Å². The molecular formula is C13H18BrNO3. The van der Waals surface area contributed by atoms with Crippen LogP contribution in [-0.2, 0) is 10.3 Å². The Kier molecular flexibility index (Phi) is 4.14. The molecule has 0 bridgehead atoms. The number of halogens is 1. The maximum absolute atomic E-state index is 6.45. The van der Waals surface area contributed by atoms with Gasteiger partial charge in [-0.15, -0.1) is 0 Å². The fourth-order valence-corrected chi connectivity index (χ4v) is 2.99. The van der Waals surface area contributed by atoms with E-state index in [1.807, 2.05) is 12.1 Å². The van der Waals surface area contributed by atoms with Gasteiger partial charge >= 0.3 is 0 Å². The van der Waals surface area contributed by atoms with Crippen LogP contribution < -0.4 is 15.2 Å². The van der Waals surface area contributed by atoms with Gasteiger partial charge in [-0.25, -0.2) is 0 Å². The van der Waals surface area contributed by atoms with Crippen molar-refractivity contribution >= 4 is 15.9 Å². The summed E-state index contributed by atoms with van der Waals surface area (Å²) in [5.41, 5.74) is 6.92. The third-order valence-corrected chi connectivity index (χ3v) is 4.04. The van der Waals surface area contributed by atoms with Gasteiger partial charge in [-0.3, -0.25) is 0 Å². The van der Waals surface area contributed by atoms with Crippen LogP contribution in [0.15, 0.2) is 16.6 Å². The van der Waals surface area contributed by atoms with Gasteiger partial charge in [0.25, 0.3) is 0 Å². The lowest BCUT2D eigenvalue weighted by Crippen LogP contribution is -2.44. The van der Waals surface area contributed by atoms with Crippen LogP contribution in [0.2, 0.25) is 0 Å². The van der Waals surface area contributed by atoms with E-state index in [-0.39, 0.29) is 0 Å². The Morgan fingerprint density at radius 1 is 1.33 bits per heavy atom.